The maximum Gasteiger partial charge on any atom is 0.272 e. The third kappa shape index (κ3) is 4.07. The van der Waals surface area contributed by atoms with Gasteiger partial charge in [-0.25, -0.2) is 9.50 Å². The van der Waals surface area contributed by atoms with E-state index in [1.54, 1.807) is 4.52 Å². The molecule has 0 saturated carbocycles. The molecular weight excluding hydrogens is 436 g/mol. The summed E-state index contributed by atoms with van der Waals surface area (Å²) in [5.41, 5.74) is 1.53. The van der Waals surface area contributed by atoms with Crippen molar-refractivity contribution in [3.8, 4) is 0 Å². The number of amides is 1. The summed E-state index contributed by atoms with van der Waals surface area (Å²) in [5, 5.41) is 4.55. The fourth-order valence-electron chi connectivity index (χ4n) is 4.11. The summed E-state index contributed by atoms with van der Waals surface area (Å²) in [5.74, 6) is -0.627. The normalized spacial score (nSPS) is 24.4. The Morgan fingerprint density at radius 2 is 1.90 bits per heavy atom. The number of carbonyl (C=O) groups is 1. The first-order chi connectivity index (χ1) is 13.7. The van der Waals surface area contributed by atoms with Crippen molar-refractivity contribution in [2.24, 2.45) is 0 Å². The number of fused-ring (bicyclic) bond motifs is 1. The van der Waals surface area contributed by atoms with Crippen molar-refractivity contribution in [3.05, 3.63) is 28.1 Å². The lowest BCUT2D eigenvalue weighted by Crippen LogP contribution is -2.48. The second kappa shape index (κ2) is 7.63. The van der Waals surface area contributed by atoms with Crippen LogP contribution in [-0.2, 0) is 14.9 Å². The van der Waals surface area contributed by atoms with E-state index in [0.717, 1.165) is 25.1 Å². The summed E-state index contributed by atoms with van der Waals surface area (Å²) in [6, 6.07) is 3.93. The van der Waals surface area contributed by atoms with E-state index in [-0.39, 0.29) is 11.9 Å². The van der Waals surface area contributed by atoms with Gasteiger partial charge in [-0.1, -0.05) is 12.8 Å². The fraction of sp³-hybridized carbons (Fsp3) is 0.667. The van der Waals surface area contributed by atoms with Crippen molar-refractivity contribution < 1.29 is 14.3 Å². The van der Waals surface area contributed by atoms with Crippen LogP contribution < -0.4 is 0 Å². The number of hydrogen-bond donors (Lipinski definition) is 0. The largest absolute Gasteiger partial charge is 0.349 e. The van der Waals surface area contributed by atoms with E-state index in [0.29, 0.717) is 29.2 Å². The number of nitrogens with zero attached hydrogens (tertiary/aromatic N) is 4. The van der Waals surface area contributed by atoms with Gasteiger partial charge in [0, 0.05) is 18.7 Å². The third-order valence-corrected chi connectivity index (χ3v) is 6.41. The molecular formula is C21H29BrN4O3. The zero-order valence-corrected chi connectivity index (χ0v) is 19.2. The molecule has 2 aromatic rings. The molecule has 7 nitrogen and oxygen atoms in total. The number of halogens is 1. The minimum atomic E-state index is -0.615. The highest BCUT2D eigenvalue weighted by Gasteiger charge is 2.40. The number of carbonyl (C=O) groups excluding carboxylic acids is 1. The number of hydrogen-bond acceptors (Lipinski definition) is 5. The van der Waals surface area contributed by atoms with Crippen LogP contribution in [0.3, 0.4) is 0 Å². The van der Waals surface area contributed by atoms with E-state index < -0.39 is 11.2 Å². The van der Waals surface area contributed by atoms with Crippen LogP contribution >= 0.6 is 15.9 Å². The topological polar surface area (TPSA) is 69.0 Å². The van der Waals surface area contributed by atoms with Gasteiger partial charge in [0.25, 0.3) is 5.91 Å². The SMILES string of the molecule is C[C@@H]1CCCCCN1C(=O)c1cc(C2(C)COC(C)(C)OC2)n2nc(Br)cc2n1. The van der Waals surface area contributed by atoms with Gasteiger partial charge in [0.15, 0.2) is 11.4 Å². The highest BCUT2D eigenvalue weighted by atomic mass is 79.9. The van der Waals surface area contributed by atoms with Gasteiger partial charge in [0.2, 0.25) is 0 Å². The van der Waals surface area contributed by atoms with Crippen LogP contribution in [0.15, 0.2) is 16.7 Å². The van der Waals surface area contributed by atoms with Gasteiger partial charge in [0.1, 0.15) is 10.3 Å². The summed E-state index contributed by atoms with van der Waals surface area (Å²) in [7, 11) is 0. The lowest BCUT2D eigenvalue weighted by Gasteiger charge is -2.41. The van der Waals surface area contributed by atoms with Crippen molar-refractivity contribution >= 4 is 27.5 Å². The van der Waals surface area contributed by atoms with Crippen molar-refractivity contribution in [2.75, 3.05) is 19.8 Å². The summed E-state index contributed by atoms with van der Waals surface area (Å²) in [6.07, 6.45) is 4.41. The molecule has 0 aromatic carbocycles. The molecule has 4 heterocycles. The molecule has 0 N–H and O–H groups in total. The molecule has 0 spiro atoms. The van der Waals surface area contributed by atoms with Gasteiger partial charge in [-0.3, -0.25) is 4.79 Å². The van der Waals surface area contributed by atoms with E-state index in [9.17, 15) is 4.79 Å². The lowest BCUT2D eigenvalue weighted by molar-refractivity contribution is -0.267. The average molecular weight is 465 g/mol. The Kier molecular flexibility index (Phi) is 5.46. The third-order valence-electron chi connectivity index (χ3n) is 6.03. The smallest absolute Gasteiger partial charge is 0.272 e. The van der Waals surface area contributed by atoms with Crippen molar-refractivity contribution in [1.29, 1.82) is 0 Å². The van der Waals surface area contributed by atoms with Crippen LogP contribution in [0.2, 0.25) is 0 Å². The molecule has 0 bridgehead atoms. The van der Waals surface area contributed by atoms with Gasteiger partial charge < -0.3 is 14.4 Å². The Morgan fingerprint density at radius 1 is 1.17 bits per heavy atom. The van der Waals surface area contributed by atoms with E-state index in [1.807, 2.05) is 30.9 Å². The summed E-state index contributed by atoms with van der Waals surface area (Å²) in [6.45, 7) is 9.76. The Labute approximate surface area is 179 Å². The van der Waals surface area contributed by atoms with Crippen LogP contribution in [0, 0.1) is 0 Å². The van der Waals surface area contributed by atoms with Crippen LogP contribution in [0.25, 0.3) is 5.65 Å². The Morgan fingerprint density at radius 3 is 2.62 bits per heavy atom. The molecule has 2 fully saturated rings. The monoisotopic (exact) mass is 464 g/mol. The molecule has 29 heavy (non-hydrogen) atoms. The number of aromatic nitrogens is 3. The molecule has 4 rings (SSSR count). The van der Waals surface area contributed by atoms with E-state index in [2.05, 4.69) is 39.9 Å². The van der Waals surface area contributed by atoms with E-state index >= 15 is 0 Å². The van der Waals surface area contributed by atoms with Crippen LogP contribution in [0.1, 0.15) is 69.6 Å². The molecule has 2 aliphatic heterocycles. The van der Waals surface area contributed by atoms with Gasteiger partial charge >= 0.3 is 0 Å². The molecule has 0 radical (unpaired) electrons. The van der Waals surface area contributed by atoms with Crippen LogP contribution in [-0.4, -0.2) is 57.0 Å². The van der Waals surface area contributed by atoms with E-state index in [4.69, 9.17) is 9.47 Å². The zero-order chi connectivity index (χ0) is 20.8. The van der Waals surface area contributed by atoms with Crippen LogP contribution in [0.4, 0.5) is 0 Å². The maximum atomic E-state index is 13.4. The molecule has 1 atom stereocenters. The Balaban J connectivity index is 1.76. The van der Waals surface area contributed by atoms with Gasteiger partial charge in [-0.05, 0) is 62.5 Å². The first-order valence-electron chi connectivity index (χ1n) is 10.3. The quantitative estimate of drug-likeness (QED) is 0.672. The molecule has 8 heteroatoms. The molecule has 0 unspecified atom stereocenters. The second-order valence-electron chi connectivity index (χ2n) is 9.00. The average Bonchev–Trinajstić information content (AvgIpc) is 2.92. The van der Waals surface area contributed by atoms with Gasteiger partial charge in [0.05, 0.1) is 24.3 Å². The van der Waals surface area contributed by atoms with Crippen molar-refractivity contribution in [1.82, 2.24) is 19.5 Å². The van der Waals surface area contributed by atoms with E-state index in [1.165, 1.54) is 12.8 Å². The first-order valence-corrected chi connectivity index (χ1v) is 11.1. The Bertz CT molecular complexity index is 916. The molecule has 0 aliphatic carbocycles. The summed E-state index contributed by atoms with van der Waals surface area (Å²) in [4.78, 5) is 20.0. The Hall–Kier alpha value is -1.51. The maximum absolute atomic E-state index is 13.4. The van der Waals surface area contributed by atoms with Crippen LogP contribution in [0.5, 0.6) is 0 Å². The number of ether oxygens (including phenoxy) is 2. The highest BCUT2D eigenvalue weighted by Crippen LogP contribution is 2.34. The zero-order valence-electron chi connectivity index (χ0n) is 17.6. The predicted molar refractivity (Wildman–Crippen MR) is 113 cm³/mol. The minimum absolute atomic E-state index is 0.0120. The summed E-state index contributed by atoms with van der Waals surface area (Å²) < 4.78 is 14.4. The molecule has 2 saturated heterocycles. The fourth-order valence-corrected chi connectivity index (χ4v) is 4.47. The van der Waals surface area contributed by atoms with Gasteiger partial charge in [-0.15, -0.1) is 0 Å². The molecule has 158 valence electrons. The predicted octanol–water partition coefficient (Wildman–Crippen LogP) is 3.94. The molecule has 1 amide bonds. The number of rotatable bonds is 2. The summed E-state index contributed by atoms with van der Waals surface area (Å²) >= 11 is 3.45. The molecule has 2 aliphatic rings. The number of likely N-dealkylation sites (tertiary alicyclic amines) is 1. The lowest BCUT2D eigenvalue weighted by atomic mass is 9.86. The first kappa shape index (κ1) is 20.8. The molecule has 2 aromatic heterocycles. The second-order valence-corrected chi connectivity index (χ2v) is 9.81. The highest BCUT2D eigenvalue weighted by molar-refractivity contribution is 9.10. The standard InChI is InChI=1S/C21H29BrN4O3/c1-14-8-6-5-7-9-25(14)19(27)15-10-16(26-18(23-15)11-17(22)24-26)21(4)12-28-20(2,3)29-13-21/h10-11,14H,5-9,12-13H2,1-4H3/t14-/m1/s1. The van der Waals surface area contributed by atoms with Gasteiger partial charge in [-0.2, -0.15) is 5.10 Å². The van der Waals surface area contributed by atoms with Crippen molar-refractivity contribution in [3.63, 3.8) is 0 Å². The minimum Gasteiger partial charge on any atom is -0.349 e. The van der Waals surface area contributed by atoms with Crippen molar-refractivity contribution in [2.45, 2.75) is 70.6 Å².